The third-order valence-electron chi connectivity index (χ3n) is 2.43. The average Bonchev–Trinajstić information content (AvgIpc) is 2.63. The standard InChI is InChI=1S/C10H9Cl3N2O/c11-10(12,13)9(16)15-7-4-6-2-1-3-8(6)14-5-7/h4-5H,1-3H2,(H,15,16). The van der Waals surface area contributed by atoms with E-state index < -0.39 is 9.70 Å². The Morgan fingerprint density at radius 1 is 1.38 bits per heavy atom. The van der Waals surface area contributed by atoms with Gasteiger partial charge < -0.3 is 5.32 Å². The Balaban J connectivity index is 2.14. The summed E-state index contributed by atoms with van der Waals surface area (Å²) in [6.07, 6.45) is 4.66. The van der Waals surface area contributed by atoms with E-state index in [0.717, 1.165) is 30.5 Å². The van der Waals surface area contributed by atoms with Crippen LogP contribution in [0, 0.1) is 0 Å². The first-order chi connectivity index (χ1) is 7.47. The zero-order valence-corrected chi connectivity index (χ0v) is 10.5. The molecule has 0 unspecified atom stereocenters. The zero-order valence-electron chi connectivity index (χ0n) is 8.27. The van der Waals surface area contributed by atoms with Crippen LogP contribution in [0.5, 0.6) is 0 Å². The molecule has 0 fully saturated rings. The molecule has 1 aromatic heterocycles. The number of alkyl halides is 3. The van der Waals surface area contributed by atoms with Gasteiger partial charge in [0.05, 0.1) is 11.9 Å². The molecule has 16 heavy (non-hydrogen) atoms. The van der Waals surface area contributed by atoms with Crippen LogP contribution in [0.1, 0.15) is 17.7 Å². The largest absolute Gasteiger partial charge is 0.321 e. The third-order valence-corrected chi connectivity index (χ3v) is 2.95. The molecule has 1 aromatic rings. The minimum absolute atomic E-state index is 0.567. The Morgan fingerprint density at radius 2 is 2.12 bits per heavy atom. The molecule has 0 radical (unpaired) electrons. The Morgan fingerprint density at radius 3 is 2.81 bits per heavy atom. The molecule has 1 N–H and O–H groups in total. The molecule has 1 aliphatic rings. The fourth-order valence-electron chi connectivity index (χ4n) is 1.70. The van der Waals surface area contributed by atoms with E-state index in [2.05, 4.69) is 10.3 Å². The molecule has 6 heteroatoms. The molecule has 0 saturated heterocycles. The first-order valence-electron chi connectivity index (χ1n) is 4.83. The highest BCUT2D eigenvalue weighted by atomic mass is 35.6. The number of hydrogen-bond donors (Lipinski definition) is 1. The molecule has 0 saturated carbocycles. The van der Waals surface area contributed by atoms with E-state index in [9.17, 15) is 4.79 Å². The van der Waals surface area contributed by atoms with Gasteiger partial charge in [0, 0.05) is 5.69 Å². The Labute approximate surface area is 108 Å². The number of anilines is 1. The van der Waals surface area contributed by atoms with E-state index in [1.165, 1.54) is 0 Å². The molecule has 1 heterocycles. The van der Waals surface area contributed by atoms with Gasteiger partial charge in [0.1, 0.15) is 0 Å². The lowest BCUT2D eigenvalue weighted by Crippen LogP contribution is -2.27. The summed E-state index contributed by atoms with van der Waals surface area (Å²) in [4.78, 5) is 15.6. The number of halogens is 3. The second-order valence-corrected chi connectivity index (χ2v) is 5.92. The van der Waals surface area contributed by atoms with Crippen molar-refractivity contribution in [2.24, 2.45) is 0 Å². The van der Waals surface area contributed by atoms with Crippen molar-refractivity contribution in [1.29, 1.82) is 0 Å². The molecule has 86 valence electrons. The number of rotatable bonds is 1. The lowest BCUT2D eigenvalue weighted by Gasteiger charge is -2.11. The fraction of sp³-hybridized carbons (Fsp3) is 0.400. The average molecular weight is 280 g/mol. The quantitative estimate of drug-likeness (QED) is 0.803. The van der Waals surface area contributed by atoms with Gasteiger partial charge in [-0.25, -0.2) is 0 Å². The number of amides is 1. The summed E-state index contributed by atoms with van der Waals surface area (Å²) in [6, 6.07) is 1.88. The minimum Gasteiger partial charge on any atom is -0.321 e. The molecule has 2 rings (SSSR count). The van der Waals surface area contributed by atoms with Gasteiger partial charge >= 0.3 is 0 Å². The van der Waals surface area contributed by atoms with Crippen molar-refractivity contribution in [2.45, 2.75) is 23.1 Å². The monoisotopic (exact) mass is 278 g/mol. The van der Waals surface area contributed by atoms with Gasteiger partial charge in [-0.05, 0) is 30.9 Å². The second kappa shape index (κ2) is 4.40. The van der Waals surface area contributed by atoms with Gasteiger partial charge in [-0.3, -0.25) is 9.78 Å². The van der Waals surface area contributed by atoms with Crippen LogP contribution < -0.4 is 5.32 Å². The molecule has 0 atom stereocenters. The Bertz CT molecular complexity index is 429. The number of nitrogens with zero attached hydrogens (tertiary/aromatic N) is 1. The third kappa shape index (κ3) is 2.59. The van der Waals surface area contributed by atoms with Crippen LogP contribution in [0.3, 0.4) is 0 Å². The first-order valence-corrected chi connectivity index (χ1v) is 5.96. The maximum Gasteiger partial charge on any atom is 0.276 e. The molecular formula is C10H9Cl3N2O. The number of carbonyl (C=O) groups excluding carboxylic acids is 1. The van der Waals surface area contributed by atoms with E-state index in [1.807, 2.05) is 6.07 Å². The van der Waals surface area contributed by atoms with Crippen LogP contribution in [0.2, 0.25) is 0 Å². The summed E-state index contributed by atoms with van der Waals surface area (Å²) in [7, 11) is 0. The van der Waals surface area contributed by atoms with Crippen LogP contribution in [-0.4, -0.2) is 14.7 Å². The lowest BCUT2D eigenvalue weighted by atomic mass is 10.2. The van der Waals surface area contributed by atoms with Gasteiger partial charge in [-0.2, -0.15) is 0 Å². The lowest BCUT2D eigenvalue weighted by molar-refractivity contribution is -0.115. The maximum atomic E-state index is 11.4. The van der Waals surface area contributed by atoms with Crippen molar-refractivity contribution in [3.05, 3.63) is 23.5 Å². The molecule has 0 aromatic carbocycles. The summed E-state index contributed by atoms with van der Waals surface area (Å²) in [5.74, 6) is -0.669. The predicted molar refractivity (Wildman–Crippen MR) is 65.2 cm³/mol. The van der Waals surface area contributed by atoms with Crippen LogP contribution in [0.25, 0.3) is 0 Å². The minimum atomic E-state index is -1.95. The normalized spacial score (nSPS) is 14.7. The summed E-state index contributed by atoms with van der Waals surface area (Å²) in [6.45, 7) is 0. The molecule has 0 aliphatic heterocycles. The van der Waals surface area contributed by atoms with E-state index in [0.29, 0.717) is 5.69 Å². The van der Waals surface area contributed by atoms with Crippen molar-refractivity contribution < 1.29 is 4.79 Å². The first kappa shape index (κ1) is 12.0. The number of aryl methyl sites for hydroxylation is 2. The maximum absolute atomic E-state index is 11.4. The number of carbonyl (C=O) groups is 1. The van der Waals surface area contributed by atoms with Gasteiger partial charge in [0.2, 0.25) is 0 Å². The topological polar surface area (TPSA) is 42.0 Å². The van der Waals surface area contributed by atoms with Crippen molar-refractivity contribution >= 4 is 46.4 Å². The molecule has 0 spiro atoms. The number of pyridine rings is 1. The molecule has 1 amide bonds. The summed E-state index contributed by atoms with van der Waals surface area (Å²) >= 11 is 16.3. The van der Waals surface area contributed by atoms with Gasteiger partial charge in [-0.1, -0.05) is 34.8 Å². The second-order valence-electron chi connectivity index (χ2n) is 3.64. The van der Waals surface area contributed by atoms with E-state index in [-0.39, 0.29) is 0 Å². The van der Waals surface area contributed by atoms with Gasteiger partial charge in [0.15, 0.2) is 0 Å². The van der Waals surface area contributed by atoms with Crippen molar-refractivity contribution in [2.75, 3.05) is 5.32 Å². The van der Waals surface area contributed by atoms with E-state index in [4.69, 9.17) is 34.8 Å². The number of aromatic nitrogens is 1. The highest BCUT2D eigenvalue weighted by Crippen LogP contribution is 2.28. The zero-order chi connectivity index (χ0) is 11.8. The SMILES string of the molecule is O=C(Nc1cnc2c(c1)CCC2)C(Cl)(Cl)Cl. The van der Waals surface area contributed by atoms with Crippen molar-refractivity contribution in [3.63, 3.8) is 0 Å². The summed E-state index contributed by atoms with van der Waals surface area (Å²) in [5, 5.41) is 2.51. The van der Waals surface area contributed by atoms with Crippen molar-refractivity contribution in [1.82, 2.24) is 4.98 Å². The molecule has 1 aliphatic carbocycles. The van der Waals surface area contributed by atoms with Crippen molar-refractivity contribution in [3.8, 4) is 0 Å². The fourth-order valence-corrected chi connectivity index (χ4v) is 1.84. The predicted octanol–water partition coefficient (Wildman–Crippen LogP) is 2.88. The van der Waals surface area contributed by atoms with Crippen LogP contribution in [-0.2, 0) is 17.6 Å². The number of nitrogens with one attached hydrogen (secondary N) is 1. The van der Waals surface area contributed by atoms with E-state index >= 15 is 0 Å². The van der Waals surface area contributed by atoms with Crippen LogP contribution in [0.4, 0.5) is 5.69 Å². The highest BCUT2D eigenvalue weighted by molar-refractivity contribution is 6.76. The van der Waals surface area contributed by atoms with Gasteiger partial charge in [0.25, 0.3) is 9.70 Å². The summed E-state index contributed by atoms with van der Waals surface area (Å²) in [5.41, 5.74) is 2.81. The Kier molecular flexibility index (Phi) is 3.29. The van der Waals surface area contributed by atoms with Crippen LogP contribution >= 0.6 is 34.8 Å². The highest BCUT2D eigenvalue weighted by Gasteiger charge is 2.30. The smallest absolute Gasteiger partial charge is 0.276 e. The van der Waals surface area contributed by atoms with Crippen LogP contribution in [0.15, 0.2) is 12.3 Å². The molecule has 0 bridgehead atoms. The molecule has 3 nitrogen and oxygen atoms in total. The molecular weight excluding hydrogens is 270 g/mol. The number of hydrogen-bond acceptors (Lipinski definition) is 2. The van der Waals surface area contributed by atoms with Gasteiger partial charge in [-0.15, -0.1) is 0 Å². The van der Waals surface area contributed by atoms with E-state index in [1.54, 1.807) is 6.20 Å². The summed E-state index contributed by atoms with van der Waals surface area (Å²) < 4.78 is -1.95. The Hall–Kier alpha value is -0.510. The number of fused-ring (bicyclic) bond motifs is 1.